The monoisotopic (exact) mass is 924 g/mol. The molecule has 62 heavy (non-hydrogen) atoms. The van der Waals surface area contributed by atoms with Crippen LogP contribution in [0.15, 0.2) is 70.6 Å². The number of nitrogens with zero attached hydrogens (tertiary/aromatic N) is 3. The van der Waals surface area contributed by atoms with E-state index in [2.05, 4.69) is 52.0 Å². The molecule has 2 fully saturated rings. The minimum absolute atomic E-state index is 0. The largest absolute Gasteiger partial charge is 0.453 e. The van der Waals surface area contributed by atoms with Crippen molar-refractivity contribution in [1.82, 2.24) is 25.4 Å². The minimum atomic E-state index is -0.799. The number of methoxy groups -OCH3 is 2. The van der Waals surface area contributed by atoms with Crippen LogP contribution in [0, 0.1) is 11.8 Å². The average Bonchev–Trinajstić information content (AvgIpc) is 4.04. The first-order chi connectivity index (χ1) is 28.3. The number of nitrogens with one attached hydrogen (secondary N) is 3. The molecule has 0 bridgehead atoms. The van der Waals surface area contributed by atoms with Crippen LogP contribution in [0.25, 0.3) is 38.4 Å². The van der Waals surface area contributed by atoms with E-state index in [-0.39, 0.29) is 80.6 Å². The number of aromatic nitrogens is 1. The summed E-state index contributed by atoms with van der Waals surface area (Å²) in [5.74, 6) is -0.673. The van der Waals surface area contributed by atoms with Crippen LogP contribution in [-0.2, 0) is 19.1 Å². The standard InChI is InChI=1S/C45H51ClN6O7.3H2S/c1-24(2)38(49-44(56)58-5)42(54)51-17-7-9-35(51)34-22-31(23-47-34)29-14-13-26-19-28(12-11-27(26)20-29)30-15-16-32-33(21-30)48-40(37(46)41(32)53)36-10-8-18-52(36)43(55)39(25(3)4)50-45(57)59-6;;;/h11-16,19-21,23-25,35-36,38-39H,7-10,17-18,22H2,1-6H3,(H,48,53)(H,49,56)(H,50,57);3*1H2/t35-,36?,38-,39-;;;/m0.../s1. The van der Waals surface area contributed by atoms with Gasteiger partial charge >= 0.3 is 12.2 Å². The number of H-pyrrole nitrogens is 1. The topological polar surface area (TPSA) is 162 Å². The van der Waals surface area contributed by atoms with E-state index < -0.39 is 30.3 Å². The van der Waals surface area contributed by atoms with Gasteiger partial charge in [-0.15, -0.1) is 0 Å². The molecule has 3 aromatic carbocycles. The van der Waals surface area contributed by atoms with Crippen LogP contribution in [0.3, 0.4) is 0 Å². The quantitative estimate of drug-likeness (QED) is 0.146. The number of allylic oxidation sites excluding steroid dienone is 1. The highest BCUT2D eigenvalue weighted by Gasteiger charge is 2.40. The minimum Gasteiger partial charge on any atom is -0.453 e. The molecule has 0 aliphatic carbocycles. The molecule has 3 aliphatic rings. The number of halogens is 1. The van der Waals surface area contributed by atoms with Crippen LogP contribution in [0.1, 0.15) is 77.1 Å². The lowest BCUT2D eigenvalue weighted by molar-refractivity contribution is -0.135. The maximum absolute atomic E-state index is 13.8. The second kappa shape index (κ2) is 21.2. The van der Waals surface area contributed by atoms with Gasteiger partial charge in [0, 0.05) is 36.8 Å². The van der Waals surface area contributed by atoms with Crippen molar-refractivity contribution in [3.63, 3.8) is 0 Å². The van der Waals surface area contributed by atoms with Crippen molar-refractivity contribution in [2.24, 2.45) is 16.8 Å². The molecule has 1 unspecified atom stereocenters. The molecule has 3 aliphatic heterocycles. The molecule has 4 aromatic rings. The van der Waals surface area contributed by atoms with Gasteiger partial charge in [0.1, 0.15) is 17.1 Å². The predicted octanol–water partition coefficient (Wildman–Crippen LogP) is 7.94. The van der Waals surface area contributed by atoms with E-state index >= 15 is 0 Å². The van der Waals surface area contributed by atoms with E-state index in [1.807, 2.05) is 50.9 Å². The third-order valence-electron chi connectivity index (χ3n) is 11.8. The van der Waals surface area contributed by atoms with E-state index in [4.69, 9.17) is 26.1 Å². The Kier molecular flexibility index (Phi) is 17.1. The summed E-state index contributed by atoms with van der Waals surface area (Å²) in [6, 6.07) is 16.2. The zero-order valence-electron chi connectivity index (χ0n) is 35.8. The van der Waals surface area contributed by atoms with Crippen molar-refractivity contribution >= 4 is 109 Å². The Labute approximate surface area is 387 Å². The highest BCUT2D eigenvalue weighted by atomic mass is 35.5. The van der Waals surface area contributed by atoms with Crippen LogP contribution in [0.2, 0.25) is 5.02 Å². The van der Waals surface area contributed by atoms with Crippen molar-refractivity contribution in [3.8, 4) is 11.1 Å². The maximum Gasteiger partial charge on any atom is 0.407 e. The van der Waals surface area contributed by atoms with E-state index in [0.717, 1.165) is 58.0 Å². The first-order valence-electron chi connectivity index (χ1n) is 20.2. The molecule has 0 spiro atoms. The zero-order valence-corrected chi connectivity index (χ0v) is 39.5. The summed E-state index contributed by atoms with van der Waals surface area (Å²) in [4.78, 5) is 76.9. The molecule has 0 saturated carbocycles. The summed E-state index contributed by atoms with van der Waals surface area (Å²) in [7, 11) is 2.55. The van der Waals surface area contributed by atoms with Gasteiger partial charge < -0.3 is 34.9 Å². The van der Waals surface area contributed by atoms with Gasteiger partial charge in [0.15, 0.2) is 0 Å². The number of aliphatic imine (C=N–C) groups is 1. The number of alkyl carbamates (subject to hydrolysis) is 2. The van der Waals surface area contributed by atoms with Crippen LogP contribution >= 0.6 is 52.1 Å². The summed E-state index contributed by atoms with van der Waals surface area (Å²) >= 11 is 6.74. The summed E-state index contributed by atoms with van der Waals surface area (Å²) in [6.07, 6.45) is 4.24. The third-order valence-corrected chi connectivity index (χ3v) is 12.2. The number of carbonyl (C=O) groups is 4. The summed E-state index contributed by atoms with van der Waals surface area (Å²) < 4.78 is 9.54. The first-order valence-corrected chi connectivity index (χ1v) is 20.6. The number of rotatable bonds is 10. The van der Waals surface area contributed by atoms with Crippen LogP contribution < -0.4 is 16.1 Å². The number of benzene rings is 3. The number of carbonyl (C=O) groups excluding carboxylic acids is 4. The number of pyridine rings is 1. The molecular weight excluding hydrogens is 868 g/mol. The lowest BCUT2D eigenvalue weighted by Gasteiger charge is -2.31. The number of aromatic amines is 1. The molecule has 7 rings (SSSR count). The van der Waals surface area contributed by atoms with Crippen molar-refractivity contribution in [2.75, 3.05) is 27.3 Å². The molecular formula is C45H57ClN6O7S3. The molecule has 0 radical (unpaired) electrons. The molecule has 1 aromatic heterocycles. The summed E-state index contributed by atoms with van der Waals surface area (Å²) in [5.41, 5.74) is 5.74. The van der Waals surface area contributed by atoms with Crippen molar-refractivity contribution < 1.29 is 28.7 Å². The summed E-state index contributed by atoms with van der Waals surface area (Å²) in [5, 5.41) is 7.98. The van der Waals surface area contributed by atoms with Gasteiger partial charge in [-0.2, -0.15) is 40.5 Å². The van der Waals surface area contributed by atoms with Gasteiger partial charge in [0.25, 0.3) is 0 Å². The molecule has 4 amide bonds. The fourth-order valence-corrected chi connectivity index (χ4v) is 8.89. The Morgan fingerprint density at radius 1 is 0.742 bits per heavy atom. The lowest BCUT2D eigenvalue weighted by atomic mass is 9.94. The van der Waals surface area contributed by atoms with Crippen molar-refractivity contribution in [3.05, 3.63) is 87.3 Å². The fraction of sp³-hybridized carbons (Fsp3) is 0.422. The molecule has 13 nitrogen and oxygen atoms in total. The van der Waals surface area contributed by atoms with Gasteiger partial charge in [-0.05, 0) is 94.8 Å². The van der Waals surface area contributed by atoms with E-state index in [0.29, 0.717) is 42.5 Å². The van der Waals surface area contributed by atoms with E-state index in [9.17, 15) is 24.0 Å². The Bertz CT molecular complexity index is 2460. The van der Waals surface area contributed by atoms with Gasteiger partial charge in [-0.3, -0.25) is 19.4 Å². The molecule has 3 N–H and O–H groups in total. The second-order valence-corrected chi connectivity index (χ2v) is 16.6. The number of ether oxygens (including phenoxy) is 2. The van der Waals surface area contributed by atoms with Crippen LogP contribution in [0.5, 0.6) is 0 Å². The van der Waals surface area contributed by atoms with E-state index in [1.165, 1.54) is 14.2 Å². The normalized spacial score (nSPS) is 18.0. The SMILES string of the molecule is COC(=O)N[C@H](C(=O)N1CCCC1c1[nH]c2cc(-c3ccc4cc(C5=CN=C([C@@H]6CCCN6C(=O)[C@@H](NC(=O)OC)C(C)C)C5)ccc4c3)ccc2c(=O)c1Cl)C(C)C.S.S.S. The Morgan fingerprint density at radius 3 is 1.81 bits per heavy atom. The Morgan fingerprint density at radius 2 is 1.24 bits per heavy atom. The highest BCUT2D eigenvalue weighted by Crippen LogP contribution is 2.37. The average molecular weight is 926 g/mol. The van der Waals surface area contributed by atoms with Crippen molar-refractivity contribution in [1.29, 1.82) is 0 Å². The maximum atomic E-state index is 13.8. The first kappa shape index (κ1) is 50.0. The van der Waals surface area contributed by atoms with Gasteiger partial charge in [0.2, 0.25) is 17.2 Å². The molecule has 17 heteroatoms. The number of hydrogen-bond acceptors (Lipinski definition) is 8. The fourth-order valence-electron chi connectivity index (χ4n) is 8.61. The van der Waals surface area contributed by atoms with Gasteiger partial charge in [-0.1, -0.05) is 69.6 Å². The van der Waals surface area contributed by atoms with Gasteiger partial charge in [0.05, 0.1) is 37.5 Å². The summed E-state index contributed by atoms with van der Waals surface area (Å²) in [6.45, 7) is 8.60. The van der Waals surface area contributed by atoms with Crippen LogP contribution in [-0.4, -0.2) is 89.9 Å². The number of amides is 4. The number of likely N-dealkylation sites (tertiary alicyclic amines) is 2. The zero-order chi connectivity index (χ0) is 42.1. The lowest BCUT2D eigenvalue weighted by Crippen LogP contribution is -2.53. The predicted molar refractivity (Wildman–Crippen MR) is 260 cm³/mol. The Balaban J connectivity index is 0.00000282. The van der Waals surface area contributed by atoms with Crippen molar-refractivity contribution in [2.45, 2.75) is 84.0 Å². The number of hydrogen-bond donors (Lipinski definition) is 3. The molecule has 2 saturated heterocycles. The molecule has 334 valence electrons. The highest BCUT2D eigenvalue weighted by molar-refractivity contribution is 7.59. The Hall–Kier alpha value is -4.64. The smallest absolute Gasteiger partial charge is 0.407 e. The number of fused-ring (bicyclic) bond motifs is 2. The van der Waals surface area contributed by atoms with Crippen LogP contribution in [0.4, 0.5) is 9.59 Å². The molecule has 4 atom stereocenters. The molecule has 4 heterocycles. The van der Waals surface area contributed by atoms with Gasteiger partial charge in [-0.25, -0.2) is 9.59 Å². The van der Waals surface area contributed by atoms with E-state index in [1.54, 1.807) is 11.0 Å². The third kappa shape index (κ3) is 10.1. The second-order valence-electron chi connectivity index (χ2n) is 16.3.